The molecule has 2 heterocycles. The molecule has 0 saturated carbocycles. The van der Waals surface area contributed by atoms with E-state index in [2.05, 4.69) is 40.7 Å². The van der Waals surface area contributed by atoms with Crippen LogP contribution in [-0.4, -0.2) is 44.9 Å². The van der Waals surface area contributed by atoms with Gasteiger partial charge in [0.25, 0.3) is 0 Å². The molecule has 2 aliphatic rings. The molecule has 2 aromatic rings. The molecule has 0 atom stereocenters. The highest BCUT2D eigenvalue weighted by Crippen LogP contribution is 2.53. The average Bonchev–Trinajstić information content (AvgIpc) is 2.77. The standard InChI is InChI=1S/C18H22N3OP/c1-19-11-13-21-14-12-20(2)16-8-4-6-10-18(16)23(21,22)17-9-5-3-7-15(17)19/h3-10H,11-14H2,1-2H3. The summed E-state index contributed by atoms with van der Waals surface area (Å²) in [4.78, 5) is 4.46. The fourth-order valence-corrected chi connectivity index (χ4v) is 6.99. The van der Waals surface area contributed by atoms with Gasteiger partial charge in [0.05, 0.1) is 10.6 Å². The molecule has 0 amide bonds. The summed E-state index contributed by atoms with van der Waals surface area (Å²) < 4.78 is 16.7. The number of rotatable bonds is 0. The lowest BCUT2D eigenvalue weighted by atomic mass is 10.3. The molecule has 0 radical (unpaired) electrons. The molecule has 0 spiro atoms. The lowest BCUT2D eigenvalue weighted by Crippen LogP contribution is -2.33. The number of para-hydroxylation sites is 2. The molecule has 4 rings (SSSR count). The number of benzene rings is 2. The SMILES string of the molecule is CN1CCN2CCN(C)c3ccccc3P2(=O)c2ccccc21. The van der Waals surface area contributed by atoms with Crippen LogP contribution >= 0.6 is 7.29 Å². The Bertz CT molecular complexity index is 730. The maximum absolute atomic E-state index is 14.5. The second-order valence-electron chi connectivity index (χ2n) is 6.35. The third-order valence-electron chi connectivity index (χ3n) is 5.02. The van der Waals surface area contributed by atoms with Gasteiger partial charge in [0.1, 0.15) is 0 Å². The van der Waals surface area contributed by atoms with Crippen LogP contribution in [0.3, 0.4) is 0 Å². The van der Waals surface area contributed by atoms with Crippen molar-refractivity contribution in [3.8, 4) is 0 Å². The Kier molecular flexibility index (Phi) is 3.47. The van der Waals surface area contributed by atoms with Gasteiger partial charge in [-0.2, -0.15) is 0 Å². The molecular formula is C18H22N3OP. The fraction of sp³-hybridized carbons (Fsp3) is 0.333. The Morgan fingerprint density at radius 2 is 1.17 bits per heavy atom. The summed E-state index contributed by atoms with van der Waals surface area (Å²) in [7, 11) is 1.38. The van der Waals surface area contributed by atoms with Crippen molar-refractivity contribution in [1.29, 1.82) is 0 Å². The number of likely N-dealkylation sites (N-methyl/N-ethyl adjacent to an activating group) is 2. The smallest absolute Gasteiger partial charge is 0.211 e. The highest BCUT2D eigenvalue weighted by molar-refractivity contribution is 7.77. The van der Waals surface area contributed by atoms with Gasteiger partial charge in [0.15, 0.2) is 0 Å². The molecule has 0 aliphatic carbocycles. The van der Waals surface area contributed by atoms with Crippen molar-refractivity contribution >= 4 is 29.3 Å². The second kappa shape index (κ2) is 5.40. The first-order valence-corrected chi connectivity index (χ1v) is 9.75. The molecule has 4 nitrogen and oxygen atoms in total. The Morgan fingerprint density at radius 3 is 1.65 bits per heavy atom. The van der Waals surface area contributed by atoms with E-state index >= 15 is 0 Å². The van der Waals surface area contributed by atoms with Crippen molar-refractivity contribution in [1.82, 2.24) is 4.67 Å². The van der Waals surface area contributed by atoms with E-state index in [1.54, 1.807) is 0 Å². The summed E-state index contributed by atoms with van der Waals surface area (Å²) in [5.41, 5.74) is 2.19. The van der Waals surface area contributed by atoms with Gasteiger partial charge in [-0.3, -0.25) is 4.57 Å². The lowest BCUT2D eigenvalue weighted by Gasteiger charge is -2.29. The minimum atomic E-state index is -2.81. The molecule has 0 fully saturated rings. The van der Waals surface area contributed by atoms with Crippen LogP contribution < -0.4 is 20.4 Å². The summed E-state index contributed by atoms with van der Waals surface area (Å²) in [5.74, 6) is 0. The van der Waals surface area contributed by atoms with E-state index in [0.29, 0.717) is 0 Å². The van der Waals surface area contributed by atoms with E-state index in [0.717, 1.165) is 48.2 Å². The van der Waals surface area contributed by atoms with E-state index in [9.17, 15) is 4.57 Å². The van der Waals surface area contributed by atoms with Crippen molar-refractivity contribution < 1.29 is 4.57 Å². The van der Waals surface area contributed by atoms with Crippen LogP contribution in [0.4, 0.5) is 11.4 Å². The van der Waals surface area contributed by atoms with Gasteiger partial charge in [0.2, 0.25) is 7.29 Å². The molecule has 2 aliphatic heterocycles. The molecule has 0 N–H and O–H groups in total. The van der Waals surface area contributed by atoms with Crippen LogP contribution in [0.1, 0.15) is 0 Å². The van der Waals surface area contributed by atoms with E-state index in [1.165, 1.54) is 0 Å². The van der Waals surface area contributed by atoms with E-state index in [1.807, 2.05) is 36.4 Å². The second-order valence-corrected chi connectivity index (χ2v) is 9.03. The quantitative estimate of drug-likeness (QED) is 0.693. The zero-order chi connectivity index (χ0) is 16.0. The zero-order valence-electron chi connectivity index (χ0n) is 13.6. The number of hydrogen-bond acceptors (Lipinski definition) is 3. The van der Waals surface area contributed by atoms with E-state index < -0.39 is 7.29 Å². The van der Waals surface area contributed by atoms with Crippen molar-refractivity contribution in [2.24, 2.45) is 0 Å². The zero-order valence-corrected chi connectivity index (χ0v) is 14.5. The van der Waals surface area contributed by atoms with Crippen LogP contribution in [0.15, 0.2) is 48.5 Å². The minimum absolute atomic E-state index is 0.824. The molecular weight excluding hydrogens is 305 g/mol. The summed E-state index contributed by atoms with van der Waals surface area (Å²) in [6.07, 6.45) is 0. The maximum atomic E-state index is 14.5. The fourth-order valence-electron chi connectivity index (χ4n) is 3.69. The minimum Gasteiger partial charge on any atom is -0.373 e. The third-order valence-corrected chi connectivity index (χ3v) is 8.28. The van der Waals surface area contributed by atoms with Crippen molar-refractivity contribution in [2.45, 2.75) is 0 Å². The Hall–Kier alpha value is -1.77. The molecule has 5 heteroatoms. The number of anilines is 2. The summed E-state index contributed by atoms with van der Waals surface area (Å²) >= 11 is 0. The molecule has 0 aromatic heterocycles. The maximum Gasteiger partial charge on any atom is 0.211 e. The predicted octanol–water partition coefficient (Wildman–Crippen LogP) is 2.12. The number of hydrogen-bond donors (Lipinski definition) is 0. The van der Waals surface area contributed by atoms with Crippen LogP contribution in [0.5, 0.6) is 0 Å². The molecule has 2 aromatic carbocycles. The first kappa shape index (κ1) is 14.8. The van der Waals surface area contributed by atoms with Crippen LogP contribution in [0.2, 0.25) is 0 Å². The average molecular weight is 327 g/mol. The van der Waals surface area contributed by atoms with Gasteiger partial charge in [-0.15, -0.1) is 0 Å². The van der Waals surface area contributed by atoms with Crippen LogP contribution in [0.25, 0.3) is 0 Å². The molecule has 0 saturated heterocycles. The monoisotopic (exact) mass is 327 g/mol. The summed E-state index contributed by atoms with van der Waals surface area (Å²) in [6.45, 7) is 3.44. The van der Waals surface area contributed by atoms with Gasteiger partial charge >= 0.3 is 0 Å². The Labute approximate surface area is 137 Å². The molecule has 0 bridgehead atoms. The van der Waals surface area contributed by atoms with Crippen LogP contribution in [-0.2, 0) is 4.57 Å². The molecule has 0 unspecified atom stereocenters. The first-order chi connectivity index (χ1) is 11.1. The van der Waals surface area contributed by atoms with Gasteiger partial charge < -0.3 is 9.80 Å². The van der Waals surface area contributed by atoms with Crippen molar-refractivity contribution in [3.05, 3.63) is 48.5 Å². The predicted molar refractivity (Wildman–Crippen MR) is 97.9 cm³/mol. The van der Waals surface area contributed by atoms with Crippen LogP contribution in [0, 0.1) is 0 Å². The van der Waals surface area contributed by atoms with Gasteiger partial charge in [0, 0.05) is 51.6 Å². The third kappa shape index (κ3) is 2.13. The van der Waals surface area contributed by atoms with E-state index in [-0.39, 0.29) is 0 Å². The van der Waals surface area contributed by atoms with Gasteiger partial charge in [-0.25, -0.2) is 4.67 Å². The molecule has 120 valence electrons. The summed E-state index contributed by atoms with van der Waals surface area (Å²) in [6, 6.07) is 16.4. The van der Waals surface area contributed by atoms with Crippen molar-refractivity contribution in [2.75, 3.05) is 50.1 Å². The highest BCUT2D eigenvalue weighted by Gasteiger charge is 2.42. The Balaban J connectivity index is 2.05. The normalized spacial score (nSPS) is 20.1. The highest BCUT2D eigenvalue weighted by atomic mass is 31.2. The number of nitrogens with zero attached hydrogens (tertiary/aromatic N) is 3. The van der Waals surface area contributed by atoms with Crippen molar-refractivity contribution in [3.63, 3.8) is 0 Å². The Morgan fingerprint density at radius 1 is 0.739 bits per heavy atom. The largest absolute Gasteiger partial charge is 0.373 e. The van der Waals surface area contributed by atoms with E-state index in [4.69, 9.17) is 0 Å². The first-order valence-electron chi connectivity index (χ1n) is 8.09. The van der Waals surface area contributed by atoms with Gasteiger partial charge in [-0.05, 0) is 24.3 Å². The molecule has 23 heavy (non-hydrogen) atoms. The van der Waals surface area contributed by atoms with Gasteiger partial charge in [-0.1, -0.05) is 24.3 Å². The lowest BCUT2D eigenvalue weighted by molar-refractivity contribution is 0.438. The summed E-state index contributed by atoms with van der Waals surface area (Å²) in [5, 5.41) is 1.95. The topological polar surface area (TPSA) is 26.8 Å². The number of fused-ring (bicyclic) bond motifs is 5.